The number of aliphatic hydroxyl groups excluding tert-OH is 3. The molecule has 0 aliphatic rings. The third-order valence-corrected chi connectivity index (χ3v) is 6.36. The topological polar surface area (TPSA) is 139 Å². The highest BCUT2D eigenvalue weighted by atomic mass is 16.6. The maximum atomic E-state index is 12.1. The second kappa shape index (κ2) is 17.3. The molecular weight excluding hydrogens is 464 g/mol. The van der Waals surface area contributed by atoms with E-state index in [2.05, 4.69) is 16.9 Å². The van der Waals surface area contributed by atoms with Crippen LogP contribution in [0.1, 0.15) is 121 Å². The normalized spacial score (nSPS) is 14.9. The summed E-state index contributed by atoms with van der Waals surface area (Å²) in [5.41, 5.74) is 0.233. The average Bonchev–Trinajstić information content (AvgIpc) is 3.54. The van der Waals surface area contributed by atoms with Crippen molar-refractivity contribution in [1.29, 1.82) is 0 Å². The summed E-state index contributed by atoms with van der Waals surface area (Å²) in [5.74, 6) is 0.511. The number of hydrogen-bond acceptors (Lipinski definition) is 9. The fourth-order valence-electron chi connectivity index (χ4n) is 4.11. The predicted octanol–water partition coefficient (Wildman–Crippen LogP) is 5.03. The summed E-state index contributed by atoms with van der Waals surface area (Å²) in [7, 11) is 0. The SMILES string of the molecule is CCCCCCCCCCCCCC(=O)OC(C)C(O)C(O)CC(O)c1coc(Cc2cnco2)n1. The number of carbonyl (C=O) groups excluding carboxylic acids is 1. The van der Waals surface area contributed by atoms with Crippen molar-refractivity contribution in [2.45, 2.75) is 128 Å². The third-order valence-electron chi connectivity index (χ3n) is 6.36. The van der Waals surface area contributed by atoms with Crippen LogP contribution >= 0.6 is 0 Å². The maximum absolute atomic E-state index is 12.1. The first-order chi connectivity index (χ1) is 17.4. The first-order valence-electron chi connectivity index (χ1n) is 13.5. The minimum absolute atomic E-state index is 0.185. The van der Waals surface area contributed by atoms with Gasteiger partial charge in [0.1, 0.15) is 36.0 Å². The van der Waals surface area contributed by atoms with Crippen LogP contribution in [0.3, 0.4) is 0 Å². The van der Waals surface area contributed by atoms with Crippen molar-refractivity contribution in [3.63, 3.8) is 0 Å². The summed E-state index contributed by atoms with van der Waals surface area (Å²) in [6.07, 6.45) is 13.0. The van der Waals surface area contributed by atoms with Crippen LogP contribution in [0.5, 0.6) is 0 Å². The molecule has 204 valence electrons. The summed E-state index contributed by atoms with van der Waals surface area (Å²) in [6.45, 7) is 3.76. The number of esters is 1. The van der Waals surface area contributed by atoms with Gasteiger partial charge in [-0.3, -0.25) is 4.79 Å². The Morgan fingerprint density at radius 3 is 2.22 bits per heavy atom. The van der Waals surface area contributed by atoms with Gasteiger partial charge >= 0.3 is 5.97 Å². The molecular formula is C27H44N2O7. The van der Waals surface area contributed by atoms with E-state index in [9.17, 15) is 20.1 Å². The number of rotatable bonds is 20. The van der Waals surface area contributed by atoms with Crippen molar-refractivity contribution >= 4 is 5.97 Å². The smallest absolute Gasteiger partial charge is 0.306 e. The minimum atomic E-state index is -1.33. The molecule has 2 heterocycles. The highest BCUT2D eigenvalue weighted by molar-refractivity contribution is 5.69. The lowest BCUT2D eigenvalue weighted by Crippen LogP contribution is -2.39. The van der Waals surface area contributed by atoms with Gasteiger partial charge < -0.3 is 28.9 Å². The number of ether oxygens (including phenoxy) is 1. The van der Waals surface area contributed by atoms with Gasteiger partial charge in [-0.15, -0.1) is 0 Å². The summed E-state index contributed by atoms with van der Waals surface area (Å²) in [4.78, 5) is 20.1. The van der Waals surface area contributed by atoms with Crippen molar-refractivity contribution in [3.05, 3.63) is 36.2 Å². The van der Waals surface area contributed by atoms with E-state index in [1.165, 1.54) is 70.9 Å². The molecule has 2 aromatic rings. The molecule has 0 aliphatic carbocycles. The predicted molar refractivity (Wildman–Crippen MR) is 134 cm³/mol. The number of carbonyl (C=O) groups is 1. The van der Waals surface area contributed by atoms with Crippen LogP contribution in [0.15, 0.2) is 27.7 Å². The van der Waals surface area contributed by atoms with E-state index in [-0.39, 0.29) is 18.5 Å². The van der Waals surface area contributed by atoms with Gasteiger partial charge in [0.25, 0.3) is 0 Å². The average molecular weight is 509 g/mol. The van der Waals surface area contributed by atoms with Crippen molar-refractivity contribution in [1.82, 2.24) is 9.97 Å². The number of aliphatic hydroxyl groups is 3. The van der Waals surface area contributed by atoms with Crippen LogP contribution in [-0.2, 0) is 16.0 Å². The number of hydrogen-bond donors (Lipinski definition) is 3. The van der Waals surface area contributed by atoms with Crippen LogP contribution in [-0.4, -0.2) is 49.6 Å². The van der Waals surface area contributed by atoms with Crippen molar-refractivity contribution in [2.24, 2.45) is 0 Å². The third kappa shape index (κ3) is 11.7. The van der Waals surface area contributed by atoms with E-state index in [4.69, 9.17) is 13.6 Å². The van der Waals surface area contributed by atoms with Gasteiger partial charge in [-0.2, -0.15) is 0 Å². The molecule has 2 aromatic heterocycles. The monoisotopic (exact) mass is 508 g/mol. The molecule has 0 radical (unpaired) electrons. The Kier molecular flexibility index (Phi) is 14.4. The zero-order chi connectivity index (χ0) is 26.2. The first-order valence-corrected chi connectivity index (χ1v) is 13.5. The Labute approximate surface area is 214 Å². The highest BCUT2D eigenvalue weighted by Crippen LogP contribution is 2.22. The molecule has 9 nitrogen and oxygen atoms in total. The molecule has 3 N–H and O–H groups in total. The van der Waals surface area contributed by atoms with Crippen molar-refractivity contribution in [3.8, 4) is 0 Å². The second-order valence-corrected chi connectivity index (χ2v) is 9.60. The molecule has 36 heavy (non-hydrogen) atoms. The van der Waals surface area contributed by atoms with Gasteiger partial charge in [0.05, 0.1) is 18.7 Å². The number of nitrogens with zero attached hydrogens (tertiary/aromatic N) is 2. The van der Waals surface area contributed by atoms with Crippen LogP contribution in [0, 0.1) is 0 Å². The van der Waals surface area contributed by atoms with Gasteiger partial charge in [0.15, 0.2) is 6.39 Å². The van der Waals surface area contributed by atoms with Crippen LogP contribution in [0.2, 0.25) is 0 Å². The Balaban J connectivity index is 1.57. The zero-order valence-corrected chi connectivity index (χ0v) is 21.8. The summed E-state index contributed by atoms with van der Waals surface area (Å²) < 4.78 is 15.8. The van der Waals surface area contributed by atoms with Crippen LogP contribution < -0.4 is 0 Å². The van der Waals surface area contributed by atoms with Gasteiger partial charge in [-0.1, -0.05) is 71.1 Å². The quantitative estimate of drug-likeness (QED) is 0.166. The zero-order valence-electron chi connectivity index (χ0n) is 21.8. The van der Waals surface area contributed by atoms with Crippen LogP contribution in [0.25, 0.3) is 0 Å². The Hall–Kier alpha value is -2.23. The Morgan fingerprint density at radius 1 is 0.972 bits per heavy atom. The highest BCUT2D eigenvalue weighted by Gasteiger charge is 2.29. The van der Waals surface area contributed by atoms with E-state index in [1.54, 1.807) is 6.20 Å². The lowest BCUT2D eigenvalue weighted by atomic mass is 10.0. The van der Waals surface area contributed by atoms with Crippen molar-refractivity contribution < 1.29 is 33.7 Å². The van der Waals surface area contributed by atoms with Crippen LogP contribution in [0.4, 0.5) is 0 Å². The Morgan fingerprint density at radius 2 is 1.61 bits per heavy atom. The lowest BCUT2D eigenvalue weighted by Gasteiger charge is -2.25. The molecule has 4 atom stereocenters. The minimum Gasteiger partial charge on any atom is -0.460 e. The molecule has 2 rings (SSSR count). The lowest BCUT2D eigenvalue weighted by molar-refractivity contribution is -0.159. The largest absolute Gasteiger partial charge is 0.460 e. The Bertz CT molecular complexity index is 824. The molecule has 0 amide bonds. The molecule has 0 saturated carbocycles. The summed E-state index contributed by atoms with van der Waals surface area (Å²) in [6, 6.07) is 0. The molecule has 9 heteroatoms. The molecule has 4 unspecified atom stereocenters. The van der Waals surface area contributed by atoms with E-state index in [0.717, 1.165) is 19.3 Å². The summed E-state index contributed by atoms with van der Waals surface area (Å²) >= 11 is 0. The van der Waals surface area contributed by atoms with E-state index in [1.807, 2.05) is 0 Å². The molecule has 0 fully saturated rings. The molecule has 0 spiro atoms. The number of oxazole rings is 2. The number of aromatic nitrogens is 2. The molecule has 0 aliphatic heterocycles. The van der Waals surface area contributed by atoms with Crippen molar-refractivity contribution in [2.75, 3.05) is 0 Å². The molecule has 0 saturated heterocycles. The van der Waals surface area contributed by atoms with Gasteiger partial charge in [0.2, 0.25) is 5.89 Å². The van der Waals surface area contributed by atoms with Gasteiger partial charge in [0, 0.05) is 12.8 Å². The number of unbranched alkanes of at least 4 members (excludes halogenated alkanes) is 10. The van der Waals surface area contributed by atoms with E-state index >= 15 is 0 Å². The molecule has 0 aromatic carbocycles. The molecule has 0 bridgehead atoms. The fraction of sp³-hybridized carbons (Fsp3) is 0.741. The first kappa shape index (κ1) is 30.0. The second-order valence-electron chi connectivity index (χ2n) is 9.60. The summed E-state index contributed by atoms with van der Waals surface area (Å²) in [5, 5.41) is 31.1. The standard InChI is InChI=1S/C27H44N2O7/c1-3-4-5-6-7-8-9-10-11-12-13-14-26(32)36-20(2)27(33)24(31)16-23(30)22-18-34-25(29-22)15-21-17-28-19-35-21/h17-20,23-24,27,30-31,33H,3-16H2,1-2H3. The van der Waals surface area contributed by atoms with E-state index in [0.29, 0.717) is 18.1 Å². The maximum Gasteiger partial charge on any atom is 0.306 e. The van der Waals surface area contributed by atoms with Gasteiger partial charge in [-0.25, -0.2) is 9.97 Å². The van der Waals surface area contributed by atoms with E-state index < -0.39 is 30.4 Å². The fourth-order valence-corrected chi connectivity index (χ4v) is 4.11. The van der Waals surface area contributed by atoms with Gasteiger partial charge in [-0.05, 0) is 13.3 Å².